The Morgan fingerprint density at radius 2 is 1.90 bits per heavy atom. The molecule has 8 heteroatoms. The highest BCUT2D eigenvalue weighted by Gasteiger charge is 2.32. The van der Waals surface area contributed by atoms with Crippen LogP contribution in [-0.4, -0.2) is 30.2 Å². The van der Waals surface area contributed by atoms with Crippen LogP contribution in [-0.2, 0) is 15.7 Å². The van der Waals surface area contributed by atoms with E-state index in [1.54, 1.807) is 0 Å². The summed E-state index contributed by atoms with van der Waals surface area (Å²) in [6, 6.07) is 2.10. The number of hydrogen-bond donors (Lipinski definition) is 2. The lowest BCUT2D eigenvalue weighted by atomic mass is 10.1. The van der Waals surface area contributed by atoms with Crippen LogP contribution >= 0.6 is 0 Å². The van der Waals surface area contributed by atoms with E-state index in [1.807, 2.05) is 0 Å². The number of alkyl halides is 3. The molecule has 20 heavy (non-hydrogen) atoms. The molecule has 1 unspecified atom stereocenters. The van der Waals surface area contributed by atoms with Gasteiger partial charge in [0.1, 0.15) is 6.10 Å². The van der Waals surface area contributed by atoms with Crippen LogP contribution in [0.15, 0.2) is 18.2 Å². The van der Waals surface area contributed by atoms with Gasteiger partial charge in [0.2, 0.25) is 0 Å². The van der Waals surface area contributed by atoms with Crippen molar-refractivity contribution in [3.63, 3.8) is 0 Å². The Hall–Kier alpha value is -2.09. The fourth-order valence-corrected chi connectivity index (χ4v) is 1.34. The van der Waals surface area contributed by atoms with E-state index in [9.17, 15) is 22.8 Å². The summed E-state index contributed by atoms with van der Waals surface area (Å²) in [6.45, 7) is 1.40. The molecule has 2 N–H and O–H groups in total. The number of amides is 1. The molecule has 0 heterocycles. The van der Waals surface area contributed by atoms with Crippen molar-refractivity contribution < 1.29 is 32.6 Å². The highest BCUT2D eigenvalue weighted by molar-refractivity contribution is 5.96. The van der Waals surface area contributed by atoms with E-state index in [0.29, 0.717) is 12.1 Å². The zero-order valence-electron chi connectivity index (χ0n) is 10.6. The third-order valence-electron chi connectivity index (χ3n) is 2.50. The van der Waals surface area contributed by atoms with Crippen molar-refractivity contribution in [1.82, 2.24) is 0 Å². The van der Waals surface area contributed by atoms with E-state index in [4.69, 9.17) is 9.84 Å². The molecule has 1 amide bonds. The van der Waals surface area contributed by atoms with Crippen LogP contribution < -0.4 is 5.32 Å². The highest BCUT2D eigenvalue weighted by atomic mass is 19.4. The van der Waals surface area contributed by atoms with Gasteiger partial charge in [-0.2, -0.15) is 13.2 Å². The van der Waals surface area contributed by atoms with Crippen LogP contribution in [0.1, 0.15) is 22.8 Å². The zero-order valence-corrected chi connectivity index (χ0v) is 10.6. The van der Waals surface area contributed by atoms with Crippen molar-refractivity contribution in [1.29, 1.82) is 0 Å². The summed E-state index contributed by atoms with van der Waals surface area (Å²) in [7, 11) is 1.26. The first-order valence-corrected chi connectivity index (χ1v) is 5.44. The number of rotatable bonds is 4. The molecule has 110 valence electrons. The first-order chi connectivity index (χ1) is 9.15. The maximum absolute atomic E-state index is 12.6. The second-order valence-electron chi connectivity index (χ2n) is 3.97. The Morgan fingerprint density at radius 1 is 1.30 bits per heavy atom. The van der Waals surface area contributed by atoms with Gasteiger partial charge in [-0.3, -0.25) is 4.79 Å². The van der Waals surface area contributed by atoms with Gasteiger partial charge in [0.25, 0.3) is 5.91 Å². The second-order valence-corrected chi connectivity index (χ2v) is 3.97. The van der Waals surface area contributed by atoms with Crippen molar-refractivity contribution in [2.75, 3.05) is 12.4 Å². The van der Waals surface area contributed by atoms with Crippen molar-refractivity contribution in [3.8, 4) is 0 Å². The van der Waals surface area contributed by atoms with E-state index in [2.05, 4.69) is 5.32 Å². The molecule has 1 rings (SSSR count). The monoisotopic (exact) mass is 291 g/mol. The molecule has 0 saturated heterocycles. The predicted octanol–water partition coefficient (Wildman–Crippen LogP) is 2.38. The Kier molecular flexibility index (Phi) is 4.72. The van der Waals surface area contributed by atoms with Crippen molar-refractivity contribution >= 4 is 17.6 Å². The molecule has 0 aromatic heterocycles. The normalized spacial score (nSPS) is 12.8. The topological polar surface area (TPSA) is 75.6 Å². The summed E-state index contributed by atoms with van der Waals surface area (Å²) in [6.07, 6.45) is -5.59. The van der Waals surface area contributed by atoms with Crippen LogP contribution in [0.25, 0.3) is 0 Å². The van der Waals surface area contributed by atoms with Crippen LogP contribution in [0.5, 0.6) is 0 Å². The van der Waals surface area contributed by atoms with Crippen LogP contribution in [0.3, 0.4) is 0 Å². The average Bonchev–Trinajstić information content (AvgIpc) is 2.36. The number of anilines is 1. The number of carbonyl (C=O) groups is 2. The minimum absolute atomic E-state index is 0.258. The molecule has 1 atom stereocenters. The fourth-order valence-electron chi connectivity index (χ4n) is 1.34. The third-order valence-corrected chi connectivity index (χ3v) is 2.50. The first kappa shape index (κ1) is 16.0. The molecule has 0 saturated carbocycles. The van der Waals surface area contributed by atoms with Crippen molar-refractivity contribution in [3.05, 3.63) is 29.3 Å². The molecule has 1 aromatic carbocycles. The lowest BCUT2D eigenvalue weighted by Crippen LogP contribution is -2.26. The standard InChI is InChI=1S/C12H12F3NO4/c1-6(20-2)10(17)16-9-4-7(11(18)19)3-8(5-9)12(13,14)15/h3-6H,1-2H3,(H,16,17)(H,18,19). The van der Waals surface area contributed by atoms with Gasteiger partial charge in [-0.15, -0.1) is 0 Å². The smallest absolute Gasteiger partial charge is 0.416 e. The molecule has 0 fully saturated rings. The Labute approximate surface area is 112 Å². The van der Waals surface area contributed by atoms with Gasteiger partial charge >= 0.3 is 12.1 Å². The Balaban J connectivity index is 3.16. The van der Waals surface area contributed by atoms with Crippen LogP contribution in [0.2, 0.25) is 0 Å². The number of benzene rings is 1. The number of aromatic carboxylic acids is 1. The zero-order chi connectivity index (χ0) is 15.5. The molecule has 5 nitrogen and oxygen atoms in total. The third kappa shape index (κ3) is 3.95. The minimum Gasteiger partial charge on any atom is -0.478 e. The molecule has 0 spiro atoms. The number of methoxy groups -OCH3 is 1. The van der Waals surface area contributed by atoms with Crippen LogP contribution in [0.4, 0.5) is 18.9 Å². The summed E-state index contributed by atoms with van der Waals surface area (Å²) >= 11 is 0. The van der Waals surface area contributed by atoms with Gasteiger partial charge in [-0.1, -0.05) is 0 Å². The summed E-state index contributed by atoms with van der Waals surface area (Å²) in [5, 5.41) is 11.0. The lowest BCUT2D eigenvalue weighted by Gasteiger charge is -2.13. The lowest BCUT2D eigenvalue weighted by molar-refractivity contribution is -0.137. The van der Waals surface area contributed by atoms with E-state index in [1.165, 1.54) is 14.0 Å². The summed E-state index contributed by atoms with van der Waals surface area (Å²) in [5.74, 6) is -2.20. The van der Waals surface area contributed by atoms with E-state index in [0.717, 1.165) is 6.07 Å². The maximum atomic E-state index is 12.6. The average molecular weight is 291 g/mol. The predicted molar refractivity (Wildman–Crippen MR) is 63.5 cm³/mol. The van der Waals surface area contributed by atoms with Gasteiger partial charge in [0.15, 0.2) is 0 Å². The number of nitrogens with one attached hydrogen (secondary N) is 1. The quantitative estimate of drug-likeness (QED) is 0.893. The van der Waals surface area contributed by atoms with Gasteiger partial charge in [0, 0.05) is 12.8 Å². The number of halogens is 3. The summed E-state index contributed by atoms with van der Waals surface area (Å²) in [4.78, 5) is 22.3. The number of hydrogen-bond acceptors (Lipinski definition) is 3. The van der Waals surface area contributed by atoms with E-state index < -0.39 is 35.3 Å². The van der Waals surface area contributed by atoms with Gasteiger partial charge in [0.05, 0.1) is 11.1 Å². The minimum atomic E-state index is -4.71. The Bertz CT molecular complexity index is 528. The molecular weight excluding hydrogens is 279 g/mol. The second kappa shape index (κ2) is 5.91. The van der Waals surface area contributed by atoms with Gasteiger partial charge in [-0.05, 0) is 25.1 Å². The highest BCUT2D eigenvalue weighted by Crippen LogP contribution is 2.32. The molecule has 0 radical (unpaired) electrons. The SMILES string of the molecule is COC(C)C(=O)Nc1cc(C(=O)O)cc(C(F)(F)F)c1. The number of carboxylic acids is 1. The van der Waals surface area contributed by atoms with Gasteiger partial charge < -0.3 is 15.2 Å². The van der Waals surface area contributed by atoms with Crippen molar-refractivity contribution in [2.24, 2.45) is 0 Å². The van der Waals surface area contributed by atoms with Gasteiger partial charge in [-0.25, -0.2) is 4.79 Å². The largest absolute Gasteiger partial charge is 0.478 e. The molecule has 0 aliphatic heterocycles. The van der Waals surface area contributed by atoms with Crippen LogP contribution in [0, 0.1) is 0 Å². The fraction of sp³-hybridized carbons (Fsp3) is 0.333. The number of carboxylic acid groups (broad SMARTS) is 1. The summed E-state index contributed by atoms with van der Waals surface area (Å²) in [5.41, 5.74) is -1.98. The first-order valence-electron chi connectivity index (χ1n) is 5.44. The molecule has 0 aliphatic rings. The Morgan fingerprint density at radius 3 is 2.35 bits per heavy atom. The molecular formula is C12H12F3NO4. The molecule has 1 aromatic rings. The maximum Gasteiger partial charge on any atom is 0.416 e. The molecule has 0 bridgehead atoms. The van der Waals surface area contributed by atoms with Crippen molar-refractivity contribution in [2.45, 2.75) is 19.2 Å². The van der Waals surface area contributed by atoms with E-state index >= 15 is 0 Å². The number of ether oxygens (including phenoxy) is 1. The molecule has 0 aliphatic carbocycles. The number of carbonyl (C=O) groups excluding carboxylic acids is 1. The summed E-state index contributed by atoms with van der Waals surface area (Å²) < 4.78 is 42.6. The van der Waals surface area contributed by atoms with E-state index in [-0.39, 0.29) is 5.69 Å².